The Morgan fingerprint density at radius 1 is 0.848 bits per heavy atom. The Labute approximate surface area is 276 Å². The van der Waals surface area contributed by atoms with Crippen molar-refractivity contribution in [2.45, 2.75) is 65.6 Å². The minimum atomic E-state index is -0.398. The zero-order valence-electron chi connectivity index (χ0n) is 28.1. The highest BCUT2D eigenvalue weighted by Crippen LogP contribution is 2.56. The molecule has 2 aliphatic rings. The molecule has 3 aromatic carbocycles. The van der Waals surface area contributed by atoms with E-state index >= 15 is 0 Å². The van der Waals surface area contributed by atoms with Gasteiger partial charge >= 0.3 is 0 Å². The lowest BCUT2D eigenvalue weighted by molar-refractivity contribution is 0.480. The molecule has 3 nitrogen and oxygen atoms in total. The first-order valence-electron chi connectivity index (χ1n) is 16.7. The van der Waals surface area contributed by atoms with Crippen LogP contribution in [0.2, 0.25) is 0 Å². The minimum Gasteiger partial charge on any atom is -0.366 e. The van der Waals surface area contributed by atoms with Gasteiger partial charge in [-0.25, -0.2) is 0 Å². The van der Waals surface area contributed by atoms with E-state index in [0.29, 0.717) is 0 Å². The van der Waals surface area contributed by atoms with Gasteiger partial charge in [0.1, 0.15) is 6.17 Å². The first kappa shape index (κ1) is 32.7. The van der Waals surface area contributed by atoms with Crippen LogP contribution in [0, 0.1) is 0 Å². The van der Waals surface area contributed by atoms with Gasteiger partial charge in [-0.05, 0) is 96.0 Å². The quantitative estimate of drug-likeness (QED) is 0.196. The van der Waals surface area contributed by atoms with Gasteiger partial charge in [0.25, 0.3) is 0 Å². The van der Waals surface area contributed by atoms with Crippen LogP contribution in [0.15, 0.2) is 151 Å². The van der Waals surface area contributed by atoms with E-state index in [2.05, 4.69) is 171 Å². The van der Waals surface area contributed by atoms with Crippen LogP contribution in [0.4, 0.5) is 0 Å². The third-order valence-electron chi connectivity index (χ3n) is 8.87. The zero-order chi connectivity index (χ0) is 32.5. The monoisotopic (exact) mass is 605 g/mol. The van der Waals surface area contributed by atoms with Crippen molar-refractivity contribution in [3.63, 3.8) is 0 Å². The SMILES string of the molecule is C/C=C\C=C(/C)C1(c2ccncc2)c2ccccc2-c2cc(C3C=C(c4ccccc4)NC(C(/C=C\C)=C/CC)N3)ccc21.CC. The molecule has 2 heterocycles. The van der Waals surface area contributed by atoms with Gasteiger partial charge in [-0.1, -0.05) is 130 Å². The second-order valence-corrected chi connectivity index (χ2v) is 11.5. The lowest BCUT2D eigenvalue weighted by Gasteiger charge is -2.35. The Morgan fingerprint density at radius 2 is 1.57 bits per heavy atom. The van der Waals surface area contributed by atoms with Crippen molar-refractivity contribution in [1.29, 1.82) is 0 Å². The number of hydrogen-bond donors (Lipinski definition) is 2. The molecule has 0 fully saturated rings. The lowest BCUT2D eigenvalue weighted by Crippen LogP contribution is -2.47. The van der Waals surface area contributed by atoms with Crippen molar-refractivity contribution in [2.75, 3.05) is 0 Å². The molecule has 1 aliphatic heterocycles. The molecule has 3 atom stereocenters. The highest BCUT2D eigenvalue weighted by molar-refractivity contribution is 5.86. The van der Waals surface area contributed by atoms with Gasteiger partial charge in [0, 0.05) is 18.1 Å². The molecular weight excluding hydrogens is 558 g/mol. The number of nitrogens with zero attached hydrogens (tertiary/aromatic N) is 1. The van der Waals surface area contributed by atoms with E-state index in [1.165, 1.54) is 50.1 Å². The Kier molecular flexibility index (Phi) is 10.7. The Balaban J connectivity index is 0.00000204. The number of hydrogen-bond acceptors (Lipinski definition) is 3. The van der Waals surface area contributed by atoms with Gasteiger partial charge in [0.15, 0.2) is 0 Å². The van der Waals surface area contributed by atoms with Crippen LogP contribution in [0.3, 0.4) is 0 Å². The summed E-state index contributed by atoms with van der Waals surface area (Å²) in [6, 6.07) is 31.0. The van der Waals surface area contributed by atoms with E-state index in [0.717, 1.165) is 12.1 Å². The van der Waals surface area contributed by atoms with Crippen molar-refractivity contribution in [1.82, 2.24) is 15.6 Å². The van der Waals surface area contributed by atoms with Crippen molar-refractivity contribution in [3.8, 4) is 11.1 Å². The van der Waals surface area contributed by atoms with Crippen LogP contribution >= 0.6 is 0 Å². The maximum atomic E-state index is 4.37. The summed E-state index contributed by atoms with van der Waals surface area (Å²) in [6.45, 7) is 12.6. The molecule has 6 rings (SSSR count). The number of fused-ring (bicyclic) bond motifs is 3. The molecule has 3 unspecified atom stereocenters. The fourth-order valence-corrected chi connectivity index (χ4v) is 6.95. The summed E-state index contributed by atoms with van der Waals surface area (Å²) in [7, 11) is 0. The third-order valence-corrected chi connectivity index (χ3v) is 8.87. The molecule has 4 aromatic rings. The van der Waals surface area contributed by atoms with Gasteiger partial charge in [0.05, 0.1) is 11.5 Å². The summed E-state index contributed by atoms with van der Waals surface area (Å²) >= 11 is 0. The van der Waals surface area contributed by atoms with Crippen LogP contribution in [0.5, 0.6) is 0 Å². The number of nitrogens with one attached hydrogen (secondary N) is 2. The van der Waals surface area contributed by atoms with Gasteiger partial charge in [0.2, 0.25) is 0 Å². The average molecular weight is 606 g/mol. The van der Waals surface area contributed by atoms with Crippen molar-refractivity contribution in [2.24, 2.45) is 0 Å². The van der Waals surface area contributed by atoms with Gasteiger partial charge in [-0.15, -0.1) is 0 Å². The second kappa shape index (κ2) is 15.0. The predicted octanol–water partition coefficient (Wildman–Crippen LogP) is 10.5. The maximum absolute atomic E-state index is 4.37. The van der Waals surface area contributed by atoms with Crippen LogP contribution < -0.4 is 10.6 Å². The Bertz CT molecular complexity index is 1780. The van der Waals surface area contributed by atoms with Crippen LogP contribution in [0.1, 0.15) is 81.8 Å². The summed E-state index contributed by atoms with van der Waals surface area (Å²) in [5, 5.41) is 7.71. The van der Waals surface area contributed by atoms with Gasteiger partial charge < -0.3 is 5.32 Å². The minimum absolute atomic E-state index is 0.0150. The second-order valence-electron chi connectivity index (χ2n) is 11.5. The van der Waals surface area contributed by atoms with Gasteiger partial charge in [-0.3, -0.25) is 10.3 Å². The summed E-state index contributed by atoms with van der Waals surface area (Å²) in [6.07, 6.45) is 20.3. The normalized spacial score (nSPS) is 20.9. The van der Waals surface area contributed by atoms with E-state index in [1.807, 2.05) is 26.2 Å². The summed E-state index contributed by atoms with van der Waals surface area (Å²) in [4.78, 5) is 4.37. The first-order chi connectivity index (χ1) is 22.6. The number of pyridine rings is 1. The highest BCUT2D eigenvalue weighted by Gasteiger charge is 2.46. The molecule has 0 saturated carbocycles. The molecule has 3 heteroatoms. The molecule has 0 amide bonds. The molecule has 46 heavy (non-hydrogen) atoms. The zero-order valence-corrected chi connectivity index (χ0v) is 28.1. The van der Waals surface area contributed by atoms with E-state index in [9.17, 15) is 0 Å². The lowest BCUT2D eigenvalue weighted by atomic mass is 9.67. The fraction of sp³-hybridized carbons (Fsp3) is 0.233. The molecule has 2 N–H and O–H groups in total. The molecule has 0 saturated heterocycles. The van der Waals surface area contributed by atoms with Crippen molar-refractivity contribution >= 4 is 5.70 Å². The third kappa shape index (κ3) is 6.08. The maximum Gasteiger partial charge on any atom is 0.104 e. The van der Waals surface area contributed by atoms with Gasteiger partial charge in [-0.2, -0.15) is 0 Å². The molecule has 1 aromatic heterocycles. The Hall–Kier alpha value is -4.73. The topological polar surface area (TPSA) is 37.0 Å². The van der Waals surface area contributed by atoms with Crippen molar-refractivity contribution in [3.05, 3.63) is 179 Å². The highest BCUT2D eigenvalue weighted by atomic mass is 15.2. The molecule has 0 bridgehead atoms. The number of rotatable bonds is 8. The largest absolute Gasteiger partial charge is 0.366 e. The summed E-state index contributed by atoms with van der Waals surface area (Å²) < 4.78 is 0. The van der Waals surface area contributed by atoms with E-state index in [-0.39, 0.29) is 12.2 Å². The van der Waals surface area contributed by atoms with E-state index < -0.39 is 5.41 Å². The number of aromatic nitrogens is 1. The molecule has 1 aliphatic carbocycles. The predicted molar refractivity (Wildman–Crippen MR) is 196 cm³/mol. The standard InChI is InChI=1S/C41H41N3.C2H6/c1-5-8-16-29(4)41(33-23-25-42-26-24-33)36-20-13-12-19-34(36)35-27-32(21-22-37(35)41)39-28-38(30-17-10-9-11-18-30)43-40(44-39)31(14-6-2)15-7-3;1-2/h5-6,8-28,39-40,43-44H,7H2,1-4H3;1-2H3/b8-5-,14-6-,29-16+,31-15+;. The van der Waals surface area contributed by atoms with Crippen LogP contribution in [0.25, 0.3) is 16.8 Å². The molecule has 0 radical (unpaired) electrons. The van der Waals surface area contributed by atoms with Crippen molar-refractivity contribution < 1.29 is 0 Å². The molecule has 0 spiro atoms. The molecular formula is C43H47N3. The Morgan fingerprint density at radius 3 is 2.28 bits per heavy atom. The summed E-state index contributed by atoms with van der Waals surface area (Å²) in [5.74, 6) is 0. The first-order valence-corrected chi connectivity index (χ1v) is 16.7. The average Bonchev–Trinajstić information content (AvgIpc) is 3.42. The smallest absolute Gasteiger partial charge is 0.104 e. The molecule has 234 valence electrons. The van der Waals surface area contributed by atoms with E-state index in [4.69, 9.17) is 0 Å². The fourth-order valence-electron chi connectivity index (χ4n) is 6.95. The number of allylic oxidation sites excluding steroid dienone is 6. The number of benzene rings is 3. The van der Waals surface area contributed by atoms with Crippen LogP contribution in [-0.4, -0.2) is 11.1 Å². The van der Waals surface area contributed by atoms with E-state index in [1.54, 1.807) is 0 Å². The summed E-state index contributed by atoms with van der Waals surface area (Å²) in [5.41, 5.74) is 12.1. The van der Waals surface area contributed by atoms with Crippen LogP contribution in [-0.2, 0) is 5.41 Å².